The first-order valence-electron chi connectivity index (χ1n) is 12.7. The Morgan fingerprint density at radius 2 is 1.31 bits per heavy atom. The fourth-order valence-electron chi connectivity index (χ4n) is 4.31. The molecule has 4 rings (SSSR count). The quantitative estimate of drug-likeness (QED) is 0.242. The Labute approximate surface area is 239 Å². The number of aromatic nitrogens is 1. The molecule has 3 aromatic carbocycles. The predicted octanol–water partition coefficient (Wildman–Crippen LogP) is 8.99. The number of fused-ring (bicyclic) bond motifs is 1. The monoisotopic (exact) mass is 565 g/mol. The van der Waals surface area contributed by atoms with E-state index in [-0.39, 0.29) is 35.3 Å². The third-order valence-corrected chi connectivity index (χ3v) is 7.21. The van der Waals surface area contributed by atoms with E-state index >= 15 is 0 Å². The highest BCUT2D eigenvalue weighted by molar-refractivity contribution is 6.32. The normalized spacial score (nSPS) is 12.0. The van der Waals surface area contributed by atoms with Crippen LogP contribution in [-0.4, -0.2) is 16.1 Å². The summed E-state index contributed by atoms with van der Waals surface area (Å²) in [5.41, 5.74) is 3.48. The van der Waals surface area contributed by atoms with Crippen LogP contribution in [0.15, 0.2) is 60.7 Å². The van der Waals surface area contributed by atoms with Crippen LogP contribution in [0.25, 0.3) is 10.9 Å². The number of hydrogen-bond donors (Lipinski definition) is 1. The van der Waals surface area contributed by atoms with Crippen LogP contribution in [0.5, 0.6) is 11.5 Å². The van der Waals surface area contributed by atoms with Crippen molar-refractivity contribution < 1.29 is 19.4 Å². The summed E-state index contributed by atoms with van der Waals surface area (Å²) in [4.78, 5) is 17.2. The fraction of sp³-hybridized carbons (Fsp3) is 0.312. The largest absolute Gasteiger partial charge is 0.487 e. The second-order valence-electron chi connectivity index (χ2n) is 11.6. The number of hydrogen-bond acceptors (Lipinski definition) is 4. The van der Waals surface area contributed by atoms with Gasteiger partial charge in [0.25, 0.3) is 0 Å². The van der Waals surface area contributed by atoms with E-state index in [9.17, 15) is 9.90 Å². The number of halogens is 2. The van der Waals surface area contributed by atoms with Gasteiger partial charge in [0.15, 0.2) is 0 Å². The van der Waals surface area contributed by atoms with Crippen LogP contribution < -0.4 is 9.47 Å². The van der Waals surface area contributed by atoms with Crippen LogP contribution in [0.2, 0.25) is 10.0 Å². The molecular formula is C32H33Cl2NO4. The summed E-state index contributed by atoms with van der Waals surface area (Å²) in [5.74, 6) is -0.182. The average Bonchev–Trinajstić information content (AvgIpc) is 2.85. The van der Waals surface area contributed by atoms with E-state index in [2.05, 4.69) is 46.5 Å². The third-order valence-electron chi connectivity index (χ3n) is 6.62. The molecule has 1 heterocycles. The lowest BCUT2D eigenvalue weighted by molar-refractivity contribution is 0.0690. The molecule has 0 atom stereocenters. The Balaban J connectivity index is 1.69. The SMILES string of the molecule is CC(C)(C)c1ccc(OCc2nc3ccccc3c(COc3ccc(C(C)(C)C)cc3Cl)c2C(=O)O)c(Cl)c1. The molecule has 5 nitrogen and oxygen atoms in total. The highest BCUT2D eigenvalue weighted by atomic mass is 35.5. The van der Waals surface area contributed by atoms with Crippen LogP contribution >= 0.6 is 23.2 Å². The molecule has 1 N–H and O–H groups in total. The second-order valence-corrected chi connectivity index (χ2v) is 12.4. The molecule has 0 spiro atoms. The molecule has 0 radical (unpaired) electrons. The Kier molecular flexibility index (Phi) is 8.15. The van der Waals surface area contributed by atoms with Crippen molar-refractivity contribution in [3.8, 4) is 11.5 Å². The van der Waals surface area contributed by atoms with Gasteiger partial charge in [-0.3, -0.25) is 0 Å². The number of carbonyl (C=O) groups is 1. The van der Waals surface area contributed by atoms with E-state index in [1.807, 2.05) is 54.6 Å². The number of pyridine rings is 1. The lowest BCUT2D eigenvalue weighted by Gasteiger charge is -2.21. The molecule has 0 aliphatic carbocycles. The standard InChI is InChI=1S/C32H33Cl2NO4/c1-31(2,3)19-11-13-27(23(33)15-19)38-17-22-21-9-7-8-10-25(21)35-26(29(22)30(36)37)18-39-28-14-12-20(16-24(28)34)32(4,5)6/h7-16H,17-18H2,1-6H3,(H,36,37). The number of aromatic carboxylic acids is 1. The number of benzene rings is 3. The fourth-order valence-corrected chi connectivity index (χ4v) is 4.78. The van der Waals surface area contributed by atoms with E-state index in [4.69, 9.17) is 32.7 Å². The molecule has 39 heavy (non-hydrogen) atoms. The highest BCUT2D eigenvalue weighted by Gasteiger charge is 2.23. The molecule has 7 heteroatoms. The summed E-state index contributed by atoms with van der Waals surface area (Å²) in [7, 11) is 0. The van der Waals surface area contributed by atoms with Crippen molar-refractivity contribution in [3.63, 3.8) is 0 Å². The summed E-state index contributed by atoms with van der Waals surface area (Å²) in [6, 6.07) is 18.7. The minimum Gasteiger partial charge on any atom is -0.487 e. The average molecular weight is 567 g/mol. The summed E-state index contributed by atoms with van der Waals surface area (Å²) in [6.45, 7) is 12.6. The van der Waals surface area contributed by atoms with Gasteiger partial charge in [0.2, 0.25) is 0 Å². The Bertz CT molecular complexity index is 1530. The van der Waals surface area contributed by atoms with Crippen molar-refractivity contribution in [2.24, 2.45) is 0 Å². The number of rotatable bonds is 7. The summed E-state index contributed by atoms with van der Waals surface area (Å²) in [6.07, 6.45) is 0. The van der Waals surface area contributed by atoms with E-state index in [0.29, 0.717) is 38.0 Å². The van der Waals surface area contributed by atoms with Gasteiger partial charge in [0.05, 0.1) is 26.8 Å². The molecule has 0 fully saturated rings. The molecule has 0 bridgehead atoms. The molecule has 204 valence electrons. The van der Waals surface area contributed by atoms with Gasteiger partial charge < -0.3 is 14.6 Å². The number of carboxylic acids is 1. The van der Waals surface area contributed by atoms with Crippen molar-refractivity contribution in [3.05, 3.63) is 98.7 Å². The van der Waals surface area contributed by atoms with E-state index < -0.39 is 5.97 Å². The van der Waals surface area contributed by atoms with Gasteiger partial charge in [-0.25, -0.2) is 9.78 Å². The second kappa shape index (κ2) is 11.1. The molecule has 0 aliphatic rings. The maximum Gasteiger partial charge on any atom is 0.338 e. The lowest BCUT2D eigenvalue weighted by atomic mass is 9.87. The smallest absolute Gasteiger partial charge is 0.338 e. The zero-order valence-corrected chi connectivity index (χ0v) is 24.6. The van der Waals surface area contributed by atoms with Gasteiger partial charge in [-0.05, 0) is 52.3 Å². The van der Waals surface area contributed by atoms with Gasteiger partial charge >= 0.3 is 5.97 Å². The highest BCUT2D eigenvalue weighted by Crippen LogP contribution is 2.34. The molecule has 0 unspecified atom stereocenters. The first kappa shape index (κ1) is 28.7. The minimum atomic E-state index is -1.12. The lowest BCUT2D eigenvalue weighted by Crippen LogP contribution is -2.15. The summed E-state index contributed by atoms with van der Waals surface area (Å²) >= 11 is 13.0. The van der Waals surface area contributed by atoms with E-state index in [0.717, 1.165) is 11.1 Å². The van der Waals surface area contributed by atoms with Crippen molar-refractivity contribution in [2.75, 3.05) is 0 Å². The minimum absolute atomic E-state index is 0.00666. The van der Waals surface area contributed by atoms with Crippen LogP contribution in [0.3, 0.4) is 0 Å². The molecule has 0 saturated carbocycles. The molecule has 4 aromatic rings. The van der Waals surface area contributed by atoms with Crippen LogP contribution in [0, 0.1) is 0 Å². The van der Waals surface area contributed by atoms with Gasteiger partial charge in [-0.2, -0.15) is 0 Å². The molecule has 1 aromatic heterocycles. The van der Waals surface area contributed by atoms with Gasteiger partial charge in [0.1, 0.15) is 24.7 Å². The first-order valence-corrected chi connectivity index (χ1v) is 13.5. The first-order chi connectivity index (χ1) is 18.3. The maximum absolute atomic E-state index is 12.5. The van der Waals surface area contributed by atoms with Crippen LogP contribution in [-0.2, 0) is 24.0 Å². The van der Waals surface area contributed by atoms with E-state index in [1.54, 1.807) is 6.07 Å². The van der Waals surface area contributed by atoms with Gasteiger partial charge in [-0.1, -0.05) is 95.1 Å². The topological polar surface area (TPSA) is 68.7 Å². The van der Waals surface area contributed by atoms with E-state index in [1.165, 1.54) is 0 Å². The Hall–Kier alpha value is -3.28. The summed E-state index contributed by atoms with van der Waals surface area (Å²) in [5, 5.41) is 11.9. The van der Waals surface area contributed by atoms with Crippen molar-refractivity contribution in [1.82, 2.24) is 4.98 Å². The number of carboxylic acid groups (broad SMARTS) is 1. The van der Waals surface area contributed by atoms with Crippen LogP contribution in [0.1, 0.15) is 74.3 Å². The maximum atomic E-state index is 12.5. The summed E-state index contributed by atoms with van der Waals surface area (Å²) < 4.78 is 12.1. The molecule has 0 saturated heterocycles. The van der Waals surface area contributed by atoms with Crippen LogP contribution in [0.4, 0.5) is 0 Å². The van der Waals surface area contributed by atoms with Crippen molar-refractivity contribution in [1.29, 1.82) is 0 Å². The Morgan fingerprint density at radius 3 is 1.79 bits per heavy atom. The number of ether oxygens (including phenoxy) is 2. The molecule has 0 aliphatic heterocycles. The van der Waals surface area contributed by atoms with Gasteiger partial charge in [0, 0.05) is 10.9 Å². The molecule has 0 amide bonds. The van der Waals surface area contributed by atoms with Crippen molar-refractivity contribution in [2.45, 2.75) is 65.6 Å². The third kappa shape index (κ3) is 6.48. The number of nitrogens with zero attached hydrogens (tertiary/aromatic N) is 1. The number of para-hydroxylation sites is 1. The van der Waals surface area contributed by atoms with Gasteiger partial charge in [-0.15, -0.1) is 0 Å². The predicted molar refractivity (Wildman–Crippen MR) is 158 cm³/mol. The zero-order chi connectivity index (χ0) is 28.5. The Morgan fingerprint density at radius 1 is 0.795 bits per heavy atom. The zero-order valence-electron chi connectivity index (χ0n) is 23.1. The molecular weight excluding hydrogens is 533 g/mol. The van der Waals surface area contributed by atoms with Crippen molar-refractivity contribution >= 4 is 40.1 Å².